The topological polar surface area (TPSA) is 64.0 Å². The highest BCUT2D eigenvalue weighted by atomic mass is 32.1. The summed E-state index contributed by atoms with van der Waals surface area (Å²) < 4.78 is 1.43. The maximum Gasteiger partial charge on any atom is 0.262 e. The Morgan fingerprint density at radius 3 is 2.81 bits per heavy atom. The summed E-state index contributed by atoms with van der Waals surface area (Å²) in [6.45, 7) is 4.06. The molecule has 0 saturated carbocycles. The first-order chi connectivity index (χ1) is 13.1. The van der Waals surface area contributed by atoms with Crippen LogP contribution in [0.15, 0.2) is 35.4 Å². The van der Waals surface area contributed by atoms with Gasteiger partial charge in [0.2, 0.25) is 5.91 Å². The lowest BCUT2D eigenvalue weighted by Gasteiger charge is -2.15. The van der Waals surface area contributed by atoms with Crippen LogP contribution in [-0.4, -0.2) is 15.5 Å². The lowest BCUT2D eigenvalue weighted by molar-refractivity contribution is -0.122. The van der Waals surface area contributed by atoms with E-state index in [4.69, 9.17) is 0 Å². The highest BCUT2D eigenvalue weighted by molar-refractivity contribution is 7.18. The van der Waals surface area contributed by atoms with Crippen LogP contribution in [0.1, 0.15) is 47.9 Å². The third-order valence-corrected chi connectivity index (χ3v) is 6.47. The number of aromatic nitrogens is 2. The molecule has 1 aliphatic carbocycles. The molecule has 3 aromatic rings. The summed E-state index contributed by atoms with van der Waals surface area (Å²) in [4.78, 5) is 31.8. The van der Waals surface area contributed by atoms with Crippen LogP contribution in [0.2, 0.25) is 0 Å². The maximum absolute atomic E-state index is 12.9. The molecule has 0 saturated heterocycles. The van der Waals surface area contributed by atoms with Crippen LogP contribution < -0.4 is 10.9 Å². The molecular formula is C21H23N3O2S. The number of nitrogens with zero attached hydrogens (tertiary/aromatic N) is 2. The van der Waals surface area contributed by atoms with Gasteiger partial charge >= 0.3 is 0 Å². The van der Waals surface area contributed by atoms with Crippen molar-refractivity contribution in [1.82, 2.24) is 14.9 Å². The van der Waals surface area contributed by atoms with Gasteiger partial charge in [-0.2, -0.15) is 0 Å². The number of benzene rings is 1. The quantitative estimate of drug-likeness (QED) is 0.737. The number of aryl methyl sites for hydroxylation is 3. The van der Waals surface area contributed by atoms with Gasteiger partial charge in [0.05, 0.1) is 17.8 Å². The zero-order valence-electron chi connectivity index (χ0n) is 15.6. The molecule has 6 heteroatoms. The predicted octanol–water partition coefficient (Wildman–Crippen LogP) is 3.39. The first-order valence-corrected chi connectivity index (χ1v) is 10.3. The molecule has 4 rings (SSSR count). The van der Waals surface area contributed by atoms with Gasteiger partial charge in [-0.1, -0.05) is 31.2 Å². The first kappa shape index (κ1) is 17.9. The van der Waals surface area contributed by atoms with E-state index in [9.17, 15) is 9.59 Å². The molecule has 5 nitrogen and oxygen atoms in total. The minimum Gasteiger partial charge on any atom is -0.348 e. The SMILES string of the molecule is CCc1ccc([C@@H](C)NC(=O)Cn2cnc3sc4c(c3c2=O)CCC4)cc1. The van der Waals surface area contributed by atoms with Crippen molar-refractivity contribution in [3.8, 4) is 0 Å². The number of carbonyl (C=O) groups excluding carboxylic acids is 1. The monoisotopic (exact) mass is 381 g/mol. The van der Waals surface area contributed by atoms with Crippen molar-refractivity contribution in [3.05, 3.63) is 62.5 Å². The Hall–Kier alpha value is -2.47. The molecule has 2 heterocycles. The van der Waals surface area contributed by atoms with E-state index in [1.54, 1.807) is 11.3 Å². The minimum absolute atomic E-state index is 0.0101. The normalized spacial score (nSPS) is 14.3. The fourth-order valence-electron chi connectivity index (χ4n) is 3.70. The molecule has 1 amide bonds. The molecule has 0 radical (unpaired) electrons. The molecule has 1 aromatic carbocycles. The van der Waals surface area contributed by atoms with E-state index >= 15 is 0 Å². The Morgan fingerprint density at radius 2 is 2.07 bits per heavy atom. The van der Waals surface area contributed by atoms with Gasteiger partial charge in [0.15, 0.2) is 0 Å². The summed E-state index contributed by atoms with van der Waals surface area (Å²) in [6.07, 6.45) is 5.56. The van der Waals surface area contributed by atoms with Crippen LogP contribution in [0.5, 0.6) is 0 Å². The predicted molar refractivity (Wildman–Crippen MR) is 108 cm³/mol. The molecule has 27 heavy (non-hydrogen) atoms. The van der Waals surface area contributed by atoms with Crippen molar-refractivity contribution in [3.63, 3.8) is 0 Å². The molecule has 0 spiro atoms. The summed E-state index contributed by atoms with van der Waals surface area (Å²) in [6, 6.07) is 8.13. The summed E-state index contributed by atoms with van der Waals surface area (Å²) in [5.41, 5.74) is 3.37. The number of thiophene rings is 1. The Kier molecular flexibility index (Phi) is 4.83. The Bertz CT molecular complexity index is 1050. The second-order valence-corrected chi connectivity index (χ2v) is 8.18. The minimum atomic E-state index is -0.183. The highest BCUT2D eigenvalue weighted by Gasteiger charge is 2.21. The van der Waals surface area contributed by atoms with Gasteiger partial charge in [0.25, 0.3) is 5.56 Å². The van der Waals surface area contributed by atoms with Crippen molar-refractivity contribution < 1.29 is 4.79 Å². The molecule has 2 aromatic heterocycles. The molecule has 1 N–H and O–H groups in total. The molecule has 1 aliphatic rings. The van der Waals surface area contributed by atoms with E-state index in [1.807, 2.05) is 19.1 Å². The van der Waals surface area contributed by atoms with E-state index < -0.39 is 0 Å². The zero-order valence-corrected chi connectivity index (χ0v) is 16.4. The Morgan fingerprint density at radius 1 is 1.30 bits per heavy atom. The number of hydrogen-bond acceptors (Lipinski definition) is 4. The van der Waals surface area contributed by atoms with Gasteiger partial charge in [0.1, 0.15) is 11.4 Å². The third-order valence-electron chi connectivity index (χ3n) is 5.27. The van der Waals surface area contributed by atoms with Crippen molar-refractivity contribution >= 4 is 27.5 Å². The highest BCUT2D eigenvalue weighted by Crippen LogP contribution is 2.34. The van der Waals surface area contributed by atoms with Crippen LogP contribution in [0, 0.1) is 0 Å². The van der Waals surface area contributed by atoms with Crippen LogP contribution in [0.25, 0.3) is 10.2 Å². The summed E-state index contributed by atoms with van der Waals surface area (Å²) in [5.74, 6) is -0.183. The second kappa shape index (κ2) is 7.27. The number of amides is 1. The van der Waals surface area contributed by atoms with E-state index in [0.29, 0.717) is 5.39 Å². The average Bonchev–Trinajstić information content (AvgIpc) is 3.25. The van der Waals surface area contributed by atoms with Crippen LogP contribution in [0.4, 0.5) is 0 Å². The number of hydrogen-bond donors (Lipinski definition) is 1. The summed E-state index contributed by atoms with van der Waals surface area (Å²) in [7, 11) is 0. The van der Waals surface area contributed by atoms with Gasteiger partial charge in [-0.05, 0) is 49.3 Å². The number of fused-ring (bicyclic) bond motifs is 3. The molecule has 0 unspecified atom stereocenters. The fraction of sp³-hybridized carbons (Fsp3) is 0.381. The van der Waals surface area contributed by atoms with E-state index in [1.165, 1.54) is 21.3 Å². The van der Waals surface area contributed by atoms with E-state index in [0.717, 1.165) is 41.6 Å². The van der Waals surface area contributed by atoms with Crippen molar-refractivity contribution in [2.45, 2.75) is 52.1 Å². The average molecular weight is 382 g/mol. The van der Waals surface area contributed by atoms with Crippen molar-refractivity contribution in [2.24, 2.45) is 0 Å². The number of nitrogens with one attached hydrogen (secondary N) is 1. The van der Waals surface area contributed by atoms with Gasteiger partial charge < -0.3 is 5.32 Å². The molecule has 0 fully saturated rings. The number of carbonyl (C=O) groups is 1. The number of rotatable bonds is 5. The van der Waals surface area contributed by atoms with Gasteiger partial charge in [-0.25, -0.2) is 4.98 Å². The van der Waals surface area contributed by atoms with Gasteiger partial charge in [-0.15, -0.1) is 11.3 Å². The Balaban J connectivity index is 1.50. The molecule has 0 aliphatic heterocycles. The van der Waals surface area contributed by atoms with E-state index in [-0.39, 0.29) is 24.1 Å². The Labute approximate surface area is 162 Å². The molecule has 0 bridgehead atoms. The molecule has 1 atom stereocenters. The van der Waals surface area contributed by atoms with Crippen molar-refractivity contribution in [1.29, 1.82) is 0 Å². The lowest BCUT2D eigenvalue weighted by atomic mass is 10.1. The zero-order chi connectivity index (χ0) is 19.0. The summed E-state index contributed by atoms with van der Waals surface area (Å²) in [5, 5.41) is 3.69. The smallest absolute Gasteiger partial charge is 0.262 e. The third kappa shape index (κ3) is 3.41. The van der Waals surface area contributed by atoms with Gasteiger partial charge in [-0.3, -0.25) is 14.2 Å². The van der Waals surface area contributed by atoms with Crippen molar-refractivity contribution in [2.75, 3.05) is 0 Å². The lowest BCUT2D eigenvalue weighted by Crippen LogP contribution is -2.34. The second-order valence-electron chi connectivity index (χ2n) is 7.10. The van der Waals surface area contributed by atoms with Gasteiger partial charge in [0, 0.05) is 4.88 Å². The fourth-order valence-corrected chi connectivity index (χ4v) is 4.92. The molecular weight excluding hydrogens is 358 g/mol. The van der Waals surface area contributed by atoms with E-state index in [2.05, 4.69) is 29.4 Å². The van der Waals surface area contributed by atoms with Crippen LogP contribution in [0.3, 0.4) is 0 Å². The largest absolute Gasteiger partial charge is 0.348 e. The summed E-state index contributed by atoms with van der Waals surface area (Å²) >= 11 is 1.61. The maximum atomic E-state index is 12.9. The van der Waals surface area contributed by atoms with Crippen LogP contribution in [-0.2, 0) is 30.6 Å². The standard InChI is InChI=1S/C21H23N3O2S/c1-3-14-7-9-15(10-8-14)13(2)23-18(25)11-24-12-22-20-19(21(24)26)16-5-4-6-17(16)27-20/h7-10,12-13H,3-6,11H2,1-2H3,(H,23,25)/t13-/m1/s1. The first-order valence-electron chi connectivity index (χ1n) is 9.44. The molecule has 140 valence electrons. The van der Waals surface area contributed by atoms with Crippen LogP contribution >= 0.6 is 11.3 Å².